The first-order chi connectivity index (χ1) is 8.70. The van der Waals surface area contributed by atoms with Gasteiger partial charge in [-0.05, 0) is 37.5 Å². The van der Waals surface area contributed by atoms with Crippen molar-refractivity contribution in [1.82, 2.24) is 9.78 Å². The van der Waals surface area contributed by atoms with Gasteiger partial charge >= 0.3 is 0 Å². The van der Waals surface area contributed by atoms with Crippen molar-refractivity contribution < 1.29 is 0 Å². The van der Waals surface area contributed by atoms with Gasteiger partial charge in [0.05, 0.1) is 6.20 Å². The Morgan fingerprint density at radius 2 is 2.11 bits per heavy atom. The lowest BCUT2D eigenvalue weighted by Gasteiger charge is -2.10. The fourth-order valence-corrected chi connectivity index (χ4v) is 1.99. The third-order valence-corrected chi connectivity index (χ3v) is 3.23. The lowest BCUT2D eigenvalue weighted by Crippen LogP contribution is -2.01. The molecule has 2 rings (SSSR count). The zero-order valence-corrected chi connectivity index (χ0v) is 11.4. The van der Waals surface area contributed by atoms with Crippen LogP contribution in [0.5, 0.6) is 0 Å². The van der Waals surface area contributed by atoms with Crippen LogP contribution in [0.2, 0.25) is 0 Å². The van der Waals surface area contributed by atoms with Gasteiger partial charge in [-0.2, -0.15) is 5.10 Å². The molecule has 3 nitrogen and oxygen atoms in total. The highest BCUT2D eigenvalue weighted by Crippen LogP contribution is 2.18. The van der Waals surface area contributed by atoms with Crippen molar-refractivity contribution in [3.8, 4) is 0 Å². The highest BCUT2D eigenvalue weighted by atomic mass is 15.3. The zero-order chi connectivity index (χ0) is 13.0. The van der Waals surface area contributed by atoms with E-state index in [9.17, 15) is 0 Å². The van der Waals surface area contributed by atoms with Gasteiger partial charge in [-0.1, -0.05) is 19.1 Å². The molecular weight excluding hydrogens is 222 g/mol. The van der Waals surface area contributed by atoms with Gasteiger partial charge in [0, 0.05) is 30.5 Å². The summed E-state index contributed by atoms with van der Waals surface area (Å²) < 4.78 is 2.00. The molecule has 0 bridgehead atoms. The maximum Gasteiger partial charge on any atom is 0.0539 e. The average Bonchev–Trinajstić information content (AvgIpc) is 2.79. The molecule has 0 unspecified atom stereocenters. The molecule has 1 aromatic carbocycles. The van der Waals surface area contributed by atoms with Crippen molar-refractivity contribution in [3.05, 3.63) is 47.3 Å². The Kier molecular flexibility index (Phi) is 4.03. The number of aryl methyl sites for hydroxylation is 2. The second kappa shape index (κ2) is 5.71. The van der Waals surface area contributed by atoms with Crippen LogP contribution in [0.25, 0.3) is 0 Å². The summed E-state index contributed by atoms with van der Waals surface area (Å²) in [5.74, 6) is 0. The molecular formula is C15H21N3. The largest absolute Gasteiger partial charge is 0.381 e. The summed E-state index contributed by atoms with van der Waals surface area (Å²) in [6.07, 6.45) is 5.17. The van der Waals surface area contributed by atoms with Crippen LogP contribution < -0.4 is 5.32 Å². The molecule has 0 amide bonds. The minimum absolute atomic E-state index is 0.827. The molecule has 0 aliphatic carbocycles. The zero-order valence-electron chi connectivity index (χ0n) is 11.4. The number of aromatic nitrogens is 2. The summed E-state index contributed by atoms with van der Waals surface area (Å²) in [7, 11) is 0. The minimum atomic E-state index is 0.827. The van der Waals surface area contributed by atoms with Crippen LogP contribution in [0.1, 0.15) is 30.0 Å². The number of benzene rings is 1. The first kappa shape index (κ1) is 12.7. The van der Waals surface area contributed by atoms with Crippen LogP contribution in [0, 0.1) is 13.8 Å². The Hall–Kier alpha value is -1.77. The number of nitrogens with zero attached hydrogens (tertiary/aromatic N) is 2. The predicted octanol–water partition coefficient (Wildman–Crippen LogP) is 3.52. The molecule has 0 spiro atoms. The monoisotopic (exact) mass is 243 g/mol. The Morgan fingerprint density at radius 1 is 1.28 bits per heavy atom. The van der Waals surface area contributed by atoms with Crippen LogP contribution in [-0.2, 0) is 13.1 Å². The van der Waals surface area contributed by atoms with E-state index in [2.05, 4.69) is 55.6 Å². The molecule has 0 atom stereocenters. The topological polar surface area (TPSA) is 29.9 Å². The number of hydrogen-bond acceptors (Lipinski definition) is 2. The van der Waals surface area contributed by atoms with Crippen LogP contribution in [0.3, 0.4) is 0 Å². The number of hydrogen-bond donors (Lipinski definition) is 1. The lowest BCUT2D eigenvalue weighted by molar-refractivity contribution is 0.602. The van der Waals surface area contributed by atoms with E-state index >= 15 is 0 Å². The minimum Gasteiger partial charge on any atom is -0.381 e. The molecule has 0 saturated carbocycles. The molecule has 1 N–H and O–H groups in total. The normalized spacial score (nSPS) is 10.6. The third kappa shape index (κ3) is 2.92. The van der Waals surface area contributed by atoms with Gasteiger partial charge in [-0.25, -0.2) is 0 Å². The Bertz CT molecular complexity index is 514. The summed E-state index contributed by atoms with van der Waals surface area (Å²) >= 11 is 0. The van der Waals surface area contributed by atoms with E-state index in [1.54, 1.807) is 0 Å². The predicted molar refractivity (Wildman–Crippen MR) is 75.8 cm³/mol. The van der Waals surface area contributed by atoms with E-state index in [-0.39, 0.29) is 0 Å². The lowest BCUT2D eigenvalue weighted by atomic mass is 10.1. The number of anilines is 1. The molecule has 0 fully saturated rings. The van der Waals surface area contributed by atoms with Gasteiger partial charge in [0.15, 0.2) is 0 Å². The van der Waals surface area contributed by atoms with Crippen molar-refractivity contribution in [2.45, 2.75) is 40.3 Å². The highest BCUT2D eigenvalue weighted by Gasteiger charge is 2.01. The summed E-state index contributed by atoms with van der Waals surface area (Å²) in [5, 5.41) is 7.81. The van der Waals surface area contributed by atoms with Crippen LogP contribution in [0.4, 0.5) is 5.69 Å². The van der Waals surface area contributed by atoms with Gasteiger partial charge < -0.3 is 5.32 Å². The quantitative estimate of drug-likeness (QED) is 0.870. The van der Waals surface area contributed by atoms with Crippen molar-refractivity contribution in [1.29, 1.82) is 0 Å². The summed E-state index contributed by atoms with van der Waals surface area (Å²) in [6.45, 7) is 8.27. The van der Waals surface area contributed by atoms with Gasteiger partial charge in [-0.3, -0.25) is 4.68 Å². The van der Waals surface area contributed by atoms with E-state index in [0.717, 1.165) is 19.5 Å². The van der Waals surface area contributed by atoms with E-state index in [0.29, 0.717) is 0 Å². The molecule has 96 valence electrons. The number of rotatable bonds is 5. The van der Waals surface area contributed by atoms with E-state index in [4.69, 9.17) is 0 Å². The van der Waals surface area contributed by atoms with Crippen molar-refractivity contribution in [2.24, 2.45) is 0 Å². The van der Waals surface area contributed by atoms with Crippen molar-refractivity contribution in [3.63, 3.8) is 0 Å². The smallest absolute Gasteiger partial charge is 0.0539 e. The molecule has 3 heteroatoms. The fourth-order valence-electron chi connectivity index (χ4n) is 1.99. The highest BCUT2D eigenvalue weighted by molar-refractivity contribution is 5.53. The maximum atomic E-state index is 4.33. The fraction of sp³-hybridized carbons (Fsp3) is 0.400. The van der Waals surface area contributed by atoms with E-state index in [1.165, 1.54) is 22.4 Å². The van der Waals surface area contributed by atoms with Gasteiger partial charge in [0.2, 0.25) is 0 Å². The second-order valence-corrected chi connectivity index (χ2v) is 4.71. The Balaban J connectivity index is 2.00. The average molecular weight is 243 g/mol. The van der Waals surface area contributed by atoms with E-state index < -0.39 is 0 Å². The van der Waals surface area contributed by atoms with Crippen LogP contribution in [-0.4, -0.2) is 9.78 Å². The Labute approximate surface area is 109 Å². The SMILES string of the molecule is CCCn1cc(CNc2cccc(C)c2C)cn1. The molecule has 1 heterocycles. The molecule has 0 saturated heterocycles. The molecule has 0 radical (unpaired) electrons. The van der Waals surface area contributed by atoms with Gasteiger partial charge in [0.25, 0.3) is 0 Å². The molecule has 0 aliphatic rings. The first-order valence-corrected chi connectivity index (χ1v) is 6.52. The van der Waals surface area contributed by atoms with Gasteiger partial charge in [-0.15, -0.1) is 0 Å². The van der Waals surface area contributed by atoms with Crippen molar-refractivity contribution in [2.75, 3.05) is 5.32 Å². The van der Waals surface area contributed by atoms with Crippen LogP contribution >= 0.6 is 0 Å². The maximum absolute atomic E-state index is 4.33. The Morgan fingerprint density at radius 3 is 2.89 bits per heavy atom. The van der Waals surface area contributed by atoms with E-state index in [1.807, 2.05) is 10.9 Å². The standard InChI is InChI=1S/C15H21N3/c1-4-8-18-11-14(10-17-18)9-16-15-7-5-6-12(2)13(15)3/h5-7,10-11,16H,4,8-9H2,1-3H3. The van der Waals surface area contributed by atoms with Gasteiger partial charge in [0.1, 0.15) is 0 Å². The van der Waals surface area contributed by atoms with Crippen molar-refractivity contribution >= 4 is 5.69 Å². The van der Waals surface area contributed by atoms with Crippen LogP contribution in [0.15, 0.2) is 30.6 Å². The summed E-state index contributed by atoms with van der Waals surface area (Å²) in [4.78, 5) is 0. The molecule has 1 aromatic heterocycles. The molecule has 0 aliphatic heterocycles. The summed E-state index contributed by atoms with van der Waals surface area (Å²) in [5.41, 5.74) is 5.07. The molecule has 2 aromatic rings. The third-order valence-electron chi connectivity index (χ3n) is 3.23. The first-order valence-electron chi connectivity index (χ1n) is 6.52. The molecule has 18 heavy (non-hydrogen) atoms. The number of nitrogens with one attached hydrogen (secondary N) is 1. The second-order valence-electron chi connectivity index (χ2n) is 4.71. The summed E-state index contributed by atoms with van der Waals surface area (Å²) in [6, 6.07) is 6.35.